The van der Waals surface area contributed by atoms with Gasteiger partial charge in [-0.05, 0) is 42.9 Å². The summed E-state index contributed by atoms with van der Waals surface area (Å²) in [4.78, 5) is 25.6. The van der Waals surface area contributed by atoms with Crippen molar-refractivity contribution in [3.05, 3.63) is 28.8 Å². The van der Waals surface area contributed by atoms with Crippen molar-refractivity contribution < 1.29 is 19.4 Å². The number of ether oxygens (including phenoxy) is 1. The first-order valence-electron chi connectivity index (χ1n) is 7.37. The minimum Gasteiger partial charge on any atom is -0.495 e. The summed E-state index contributed by atoms with van der Waals surface area (Å²) in [5.41, 5.74) is 0.464. The topological polar surface area (TPSA) is 66.8 Å². The molecule has 22 heavy (non-hydrogen) atoms. The van der Waals surface area contributed by atoms with Crippen LogP contribution in [-0.4, -0.2) is 42.1 Å². The lowest BCUT2D eigenvalue weighted by molar-refractivity contribution is -0.142. The maximum Gasteiger partial charge on any atom is 0.308 e. The van der Waals surface area contributed by atoms with Crippen LogP contribution in [-0.2, 0) is 4.79 Å². The van der Waals surface area contributed by atoms with Gasteiger partial charge in [0, 0.05) is 18.7 Å². The molecule has 3 rings (SSSR count). The van der Waals surface area contributed by atoms with Crippen molar-refractivity contribution in [2.45, 2.75) is 12.8 Å². The Balaban J connectivity index is 1.77. The third kappa shape index (κ3) is 2.77. The molecule has 5 nitrogen and oxygen atoms in total. The molecule has 0 spiro atoms. The van der Waals surface area contributed by atoms with Crippen LogP contribution in [0.2, 0.25) is 5.02 Å². The Bertz CT molecular complexity index is 614. The molecule has 2 fully saturated rings. The Kier molecular flexibility index (Phi) is 4.00. The number of nitrogens with zero attached hydrogens (tertiary/aromatic N) is 1. The predicted molar refractivity (Wildman–Crippen MR) is 81.2 cm³/mol. The number of hydrogen-bond donors (Lipinski definition) is 1. The number of likely N-dealkylation sites (tertiary alicyclic amines) is 1. The fraction of sp³-hybridized carbons (Fsp3) is 0.500. The van der Waals surface area contributed by atoms with E-state index in [9.17, 15) is 14.7 Å². The van der Waals surface area contributed by atoms with E-state index in [2.05, 4.69) is 0 Å². The fourth-order valence-corrected chi connectivity index (χ4v) is 3.50. The molecule has 0 unspecified atom stereocenters. The first-order valence-corrected chi connectivity index (χ1v) is 7.74. The van der Waals surface area contributed by atoms with Gasteiger partial charge in [-0.25, -0.2) is 0 Å². The van der Waals surface area contributed by atoms with Gasteiger partial charge in [0.2, 0.25) is 0 Å². The molecule has 1 heterocycles. The van der Waals surface area contributed by atoms with Crippen molar-refractivity contribution in [3.63, 3.8) is 0 Å². The number of halogens is 1. The van der Waals surface area contributed by atoms with Gasteiger partial charge in [0.1, 0.15) is 5.75 Å². The van der Waals surface area contributed by atoms with Crippen LogP contribution in [0.5, 0.6) is 5.75 Å². The van der Waals surface area contributed by atoms with E-state index in [1.807, 2.05) is 0 Å². The number of carboxylic acids is 1. The SMILES string of the molecule is COc1ccc(C(=O)N2C[C@@H](C(=O)O)[C@H](C3CC3)C2)cc1Cl. The van der Waals surface area contributed by atoms with Gasteiger partial charge in [-0.2, -0.15) is 0 Å². The van der Waals surface area contributed by atoms with Crippen LogP contribution in [0, 0.1) is 17.8 Å². The van der Waals surface area contributed by atoms with Gasteiger partial charge >= 0.3 is 5.97 Å². The molecule has 1 aromatic carbocycles. The third-order valence-corrected chi connectivity index (χ3v) is 4.89. The number of carboxylic acid groups (broad SMARTS) is 1. The average molecular weight is 324 g/mol. The van der Waals surface area contributed by atoms with E-state index in [1.54, 1.807) is 23.1 Å². The first-order chi connectivity index (χ1) is 10.5. The Morgan fingerprint density at radius 3 is 2.59 bits per heavy atom. The summed E-state index contributed by atoms with van der Waals surface area (Å²) in [6.45, 7) is 0.795. The summed E-state index contributed by atoms with van der Waals surface area (Å²) < 4.78 is 5.08. The second-order valence-electron chi connectivity index (χ2n) is 6.01. The van der Waals surface area contributed by atoms with Crippen molar-refractivity contribution >= 4 is 23.5 Å². The van der Waals surface area contributed by atoms with E-state index in [0.717, 1.165) is 12.8 Å². The number of benzene rings is 1. The molecule has 0 radical (unpaired) electrons. The van der Waals surface area contributed by atoms with Crippen molar-refractivity contribution in [2.24, 2.45) is 17.8 Å². The number of aliphatic carboxylic acids is 1. The van der Waals surface area contributed by atoms with Gasteiger partial charge in [-0.15, -0.1) is 0 Å². The zero-order valence-corrected chi connectivity index (χ0v) is 13.0. The van der Waals surface area contributed by atoms with Crippen LogP contribution in [0.3, 0.4) is 0 Å². The van der Waals surface area contributed by atoms with Crippen LogP contribution < -0.4 is 4.74 Å². The molecular formula is C16H18ClNO4. The molecular weight excluding hydrogens is 306 g/mol. The smallest absolute Gasteiger partial charge is 0.308 e. The minimum absolute atomic E-state index is 0.0789. The summed E-state index contributed by atoms with van der Waals surface area (Å²) in [5.74, 6) is -0.378. The van der Waals surface area contributed by atoms with Gasteiger partial charge in [0.25, 0.3) is 5.91 Å². The van der Waals surface area contributed by atoms with Crippen LogP contribution in [0.4, 0.5) is 0 Å². The molecule has 0 aromatic heterocycles. The van der Waals surface area contributed by atoms with Crippen molar-refractivity contribution in [1.82, 2.24) is 4.90 Å². The van der Waals surface area contributed by atoms with Gasteiger partial charge in [0.15, 0.2) is 0 Å². The molecule has 1 aromatic rings. The summed E-state index contributed by atoms with van der Waals surface area (Å²) in [6.07, 6.45) is 2.15. The van der Waals surface area contributed by atoms with Gasteiger partial charge in [-0.3, -0.25) is 9.59 Å². The minimum atomic E-state index is -0.806. The largest absolute Gasteiger partial charge is 0.495 e. The third-order valence-electron chi connectivity index (χ3n) is 4.60. The first kappa shape index (κ1) is 15.2. The molecule has 0 bridgehead atoms. The molecule has 1 aliphatic carbocycles. The number of methoxy groups -OCH3 is 1. The Morgan fingerprint density at radius 2 is 2.05 bits per heavy atom. The summed E-state index contributed by atoms with van der Waals surface area (Å²) in [6, 6.07) is 4.88. The quantitative estimate of drug-likeness (QED) is 0.924. The second-order valence-corrected chi connectivity index (χ2v) is 6.41. The number of amides is 1. The van der Waals surface area contributed by atoms with Gasteiger partial charge in [0.05, 0.1) is 18.1 Å². The molecule has 1 N–H and O–H groups in total. The highest BCUT2D eigenvalue weighted by Crippen LogP contribution is 2.44. The highest BCUT2D eigenvalue weighted by atomic mass is 35.5. The number of hydrogen-bond acceptors (Lipinski definition) is 3. The van der Waals surface area contributed by atoms with E-state index >= 15 is 0 Å². The van der Waals surface area contributed by atoms with E-state index in [0.29, 0.717) is 28.8 Å². The Labute approximate surface area is 133 Å². The Morgan fingerprint density at radius 1 is 1.32 bits per heavy atom. The lowest BCUT2D eigenvalue weighted by Gasteiger charge is -2.17. The highest BCUT2D eigenvalue weighted by molar-refractivity contribution is 6.32. The van der Waals surface area contributed by atoms with Crippen molar-refractivity contribution in [1.29, 1.82) is 0 Å². The zero-order valence-electron chi connectivity index (χ0n) is 12.3. The Hall–Kier alpha value is -1.75. The molecule has 2 atom stereocenters. The summed E-state index contributed by atoms with van der Waals surface area (Å²) in [5, 5.41) is 9.74. The molecule has 6 heteroatoms. The lowest BCUT2D eigenvalue weighted by atomic mass is 9.92. The van der Waals surface area contributed by atoms with Crippen LogP contribution in [0.25, 0.3) is 0 Å². The zero-order chi connectivity index (χ0) is 15.9. The van der Waals surface area contributed by atoms with Gasteiger partial charge in [-0.1, -0.05) is 11.6 Å². The highest BCUT2D eigenvalue weighted by Gasteiger charge is 2.46. The maximum atomic E-state index is 12.6. The molecule has 1 saturated heterocycles. The molecule has 1 aliphatic heterocycles. The number of carbonyl (C=O) groups is 2. The fourth-order valence-electron chi connectivity index (χ4n) is 3.24. The summed E-state index contributed by atoms with van der Waals surface area (Å²) >= 11 is 6.06. The lowest BCUT2D eigenvalue weighted by Crippen LogP contribution is -2.29. The van der Waals surface area contributed by atoms with E-state index in [4.69, 9.17) is 16.3 Å². The number of carbonyl (C=O) groups excluding carboxylic acids is 1. The number of rotatable bonds is 4. The standard InChI is InChI=1S/C16H18ClNO4/c1-22-14-5-4-10(6-13(14)17)15(19)18-7-11(9-2-3-9)12(8-18)16(20)21/h4-6,9,11-12H,2-3,7-8H2,1H3,(H,20,21)/t11-,12+/m0/s1. The van der Waals surface area contributed by atoms with Crippen LogP contribution in [0.15, 0.2) is 18.2 Å². The normalized spacial score (nSPS) is 24.4. The van der Waals surface area contributed by atoms with Gasteiger partial charge < -0.3 is 14.7 Å². The molecule has 1 saturated carbocycles. The molecule has 2 aliphatic rings. The van der Waals surface area contributed by atoms with Crippen LogP contribution in [0.1, 0.15) is 23.2 Å². The monoisotopic (exact) mass is 323 g/mol. The molecule has 118 valence electrons. The molecule has 1 amide bonds. The second kappa shape index (κ2) is 5.80. The van der Waals surface area contributed by atoms with E-state index < -0.39 is 11.9 Å². The summed E-state index contributed by atoms with van der Waals surface area (Å²) in [7, 11) is 1.51. The van der Waals surface area contributed by atoms with E-state index in [-0.39, 0.29) is 18.4 Å². The van der Waals surface area contributed by atoms with E-state index in [1.165, 1.54) is 7.11 Å². The van der Waals surface area contributed by atoms with Crippen molar-refractivity contribution in [2.75, 3.05) is 20.2 Å². The maximum absolute atomic E-state index is 12.6. The van der Waals surface area contributed by atoms with Crippen molar-refractivity contribution in [3.8, 4) is 5.75 Å². The average Bonchev–Trinajstić information content (AvgIpc) is 3.24. The predicted octanol–water partition coefficient (Wildman–Crippen LogP) is 2.53. The van der Waals surface area contributed by atoms with Crippen LogP contribution >= 0.6 is 11.6 Å².